The van der Waals surface area contributed by atoms with E-state index in [1.165, 1.54) is 52.6 Å². The molecule has 2 aromatic carbocycles. The molecular formula is C25H28N2O. The van der Waals surface area contributed by atoms with E-state index in [0.29, 0.717) is 6.04 Å². The number of aromatic nitrogens is 1. The predicted octanol–water partition coefficient (Wildman–Crippen LogP) is 5.12. The lowest BCUT2D eigenvalue weighted by Crippen LogP contribution is -2.35. The average Bonchev–Trinajstić information content (AvgIpc) is 3.12. The second-order valence-corrected chi connectivity index (χ2v) is 8.24. The van der Waals surface area contributed by atoms with Crippen LogP contribution in [0.5, 0.6) is 5.75 Å². The number of aryl methyl sites for hydroxylation is 1. The molecule has 28 heavy (non-hydrogen) atoms. The van der Waals surface area contributed by atoms with Crippen molar-refractivity contribution in [3.63, 3.8) is 0 Å². The zero-order chi connectivity index (χ0) is 18.9. The van der Waals surface area contributed by atoms with Crippen LogP contribution in [0.2, 0.25) is 0 Å². The van der Waals surface area contributed by atoms with E-state index in [0.717, 1.165) is 31.1 Å². The zero-order valence-corrected chi connectivity index (χ0v) is 16.5. The van der Waals surface area contributed by atoms with Gasteiger partial charge in [0, 0.05) is 29.2 Å². The van der Waals surface area contributed by atoms with E-state index in [2.05, 4.69) is 58.8 Å². The van der Waals surface area contributed by atoms with Crippen LogP contribution in [-0.2, 0) is 12.8 Å². The third-order valence-corrected chi connectivity index (χ3v) is 6.48. The van der Waals surface area contributed by atoms with Gasteiger partial charge in [-0.2, -0.15) is 0 Å². The Balaban J connectivity index is 1.31. The summed E-state index contributed by atoms with van der Waals surface area (Å²) < 4.78 is 5.45. The van der Waals surface area contributed by atoms with Crippen molar-refractivity contribution in [3.8, 4) is 5.75 Å². The number of H-pyrrole nitrogens is 1. The van der Waals surface area contributed by atoms with Crippen molar-refractivity contribution in [2.75, 3.05) is 13.7 Å². The first-order valence-electron chi connectivity index (χ1n) is 10.5. The molecule has 2 atom stereocenters. The minimum Gasteiger partial charge on any atom is -0.497 e. The van der Waals surface area contributed by atoms with Crippen molar-refractivity contribution in [2.45, 2.75) is 38.1 Å². The summed E-state index contributed by atoms with van der Waals surface area (Å²) in [6.07, 6.45) is 8.35. The van der Waals surface area contributed by atoms with Crippen LogP contribution in [0.3, 0.4) is 0 Å². The van der Waals surface area contributed by atoms with E-state index in [9.17, 15) is 0 Å². The van der Waals surface area contributed by atoms with Gasteiger partial charge in [-0.1, -0.05) is 36.4 Å². The van der Waals surface area contributed by atoms with E-state index in [-0.39, 0.29) is 0 Å². The summed E-state index contributed by atoms with van der Waals surface area (Å²) in [7, 11) is 1.75. The topological polar surface area (TPSA) is 37.0 Å². The molecule has 0 saturated carbocycles. The number of rotatable bonds is 4. The maximum absolute atomic E-state index is 5.45. The molecule has 2 N–H and O–H groups in total. The number of hydrogen-bond donors (Lipinski definition) is 2. The first-order valence-corrected chi connectivity index (χ1v) is 10.5. The lowest BCUT2D eigenvalue weighted by atomic mass is 9.80. The van der Waals surface area contributed by atoms with Crippen LogP contribution >= 0.6 is 0 Å². The van der Waals surface area contributed by atoms with Crippen LogP contribution in [0.15, 0.2) is 54.6 Å². The van der Waals surface area contributed by atoms with Gasteiger partial charge < -0.3 is 15.0 Å². The molecule has 3 nitrogen and oxygen atoms in total. The Morgan fingerprint density at radius 1 is 1.07 bits per heavy atom. The second-order valence-electron chi connectivity index (χ2n) is 8.24. The molecule has 144 valence electrons. The summed E-state index contributed by atoms with van der Waals surface area (Å²) >= 11 is 0. The van der Waals surface area contributed by atoms with Crippen molar-refractivity contribution in [2.24, 2.45) is 5.92 Å². The SMILES string of the molecule is COc1ccc2[nH]c3c(c2c1)CC(CC1CC(c2ccccc2)=CCN1)CC3. The van der Waals surface area contributed by atoms with Crippen LogP contribution < -0.4 is 10.1 Å². The van der Waals surface area contributed by atoms with Gasteiger partial charge in [0.05, 0.1) is 7.11 Å². The number of methoxy groups -OCH3 is 1. The Labute approximate surface area is 166 Å². The average molecular weight is 373 g/mol. The molecule has 3 heteroatoms. The predicted molar refractivity (Wildman–Crippen MR) is 116 cm³/mol. The molecule has 0 fully saturated rings. The van der Waals surface area contributed by atoms with Crippen LogP contribution in [-0.4, -0.2) is 24.7 Å². The zero-order valence-electron chi connectivity index (χ0n) is 16.5. The molecule has 0 radical (unpaired) electrons. The normalized spacial score (nSPS) is 22.0. The number of aromatic amines is 1. The number of benzene rings is 2. The first kappa shape index (κ1) is 17.6. The van der Waals surface area contributed by atoms with Gasteiger partial charge in [-0.3, -0.25) is 0 Å². The lowest BCUT2D eigenvalue weighted by Gasteiger charge is -2.30. The fraction of sp³-hybridized carbons (Fsp3) is 0.360. The third kappa shape index (κ3) is 3.35. The smallest absolute Gasteiger partial charge is 0.119 e. The standard InChI is InChI=1S/C25H28N2O/c1-28-21-8-10-25-23(16-21)22-14-17(7-9-24(22)27-25)13-20-15-19(11-12-26-20)18-5-3-2-4-6-18/h2-6,8,10-11,16-17,20,26-27H,7,9,12-15H2,1H3. The van der Waals surface area contributed by atoms with Crippen molar-refractivity contribution in [3.05, 3.63) is 71.4 Å². The van der Waals surface area contributed by atoms with E-state index in [1.54, 1.807) is 7.11 Å². The van der Waals surface area contributed by atoms with Crippen LogP contribution in [0.1, 0.15) is 36.1 Å². The third-order valence-electron chi connectivity index (χ3n) is 6.48. The van der Waals surface area contributed by atoms with Gasteiger partial charge in [0.15, 0.2) is 0 Å². The maximum Gasteiger partial charge on any atom is 0.119 e. The van der Waals surface area contributed by atoms with E-state index in [1.807, 2.05) is 6.07 Å². The number of hydrogen-bond acceptors (Lipinski definition) is 2. The molecule has 2 aliphatic rings. The van der Waals surface area contributed by atoms with E-state index < -0.39 is 0 Å². The van der Waals surface area contributed by atoms with Crippen LogP contribution in [0, 0.1) is 5.92 Å². The Bertz CT molecular complexity index is 1000. The van der Waals surface area contributed by atoms with E-state index >= 15 is 0 Å². The highest BCUT2D eigenvalue weighted by atomic mass is 16.5. The minimum atomic E-state index is 0.575. The number of nitrogens with one attached hydrogen (secondary N) is 2. The molecule has 2 heterocycles. The Hall–Kier alpha value is -2.52. The molecule has 0 saturated heterocycles. The van der Waals surface area contributed by atoms with E-state index in [4.69, 9.17) is 4.74 Å². The van der Waals surface area contributed by atoms with Gasteiger partial charge in [-0.25, -0.2) is 0 Å². The van der Waals surface area contributed by atoms with Crippen molar-refractivity contribution in [1.82, 2.24) is 10.3 Å². The largest absolute Gasteiger partial charge is 0.497 e. The van der Waals surface area contributed by atoms with Gasteiger partial charge in [-0.05, 0) is 72.9 Å². The quantitative estimate of drug-likeness (QED) is 0.667. The second kappa shape index (κ2) is 7.48. The van der Waals surface area contributed by atoms with Crippen molar-refractivity contribution in [1.29, 1.82) is 0 Å². The molecule has 0 amide bonds. The number of ether oxygens (including phenoxy) is 1. The lowest BCUT2D eigenvalue weighted by molar-refractivity contribution is 0.356. The monoisotopic (exact) mass is 372 g/mol. The van der Waals surface area contributed by atoms with Gasteiger partial charge in [0.25, 0.3) is 0 Å². The maximum atomic E-state index is 5.45. The summed E-state index contributed by atoms with van der Waals surface area (Å²) in [4.78, 5) is 3.64. The molecule has 1 aromatic heterocycles. The summed E-state index contributed by atoms with van der Waals surface area (Å²) in [6, 6.07) is 17.8. The molecule has 3 aromatic rings. The Morgan fingerprint density at radius 3 is 2.82 bits per heavy atom. The fourth-order valence-corrected chi connectivity index (χ4v) is 5.02. The van der Waals surface area contributed by atoms with Gasteiger partial charge in [0.2, 0.25) is 0 Å². The molecule has 1 aliphatic heterocycles. The Morgan fingerprint density at radius 2 is 1.96 bits per heavy atom. The van der Waals surface area contributed by atoms with Crippen molar-refractivity contribution >= 4 is 16.5 Å². The van der Waals surface area contributed by atoms with Gasteiger partial charge >= 0.3 is 0 Å². The molecule has 0 bridgehead atoms. The summed E-state index contributed by atoms with van der Waals surface area (Å²) in [6.45, 7) is 0.983. The molecule has 5 rings (SSSR count). The van der Waals surface area contributed by atoms with Gasteiger partial charge in [-0.15, -0.1) is 0 Å². The molecular weight excluding hydrogens is 344 g/mol. The molecule has 0 spiro atoms. The minimum absolute atomic E-state index is 0.575. The number of fused-ring (bicyclic) bond motifs is 3. The Kier molecular flexibility index (Phi) is 4.69. The van der Waals surface area contributed by atoms with Crippen molar-refractivity contribution < 1.29 is 4.74 Å². The molecule has 1 aliphatic carbocycles. The van der Waals surface area contributed by atoms with Crippen LogP contribution in [0.25, 0.3) is 16.5 Å². The highest BCUT2D eigenvalue weighted by Crippen LogP contribution is 2.36. The van der Waals surface area contributed by atoms with Crippen LogP contribution in [0.4, 0.5) is 0 Å². The molecule has 2 unspecified atom stereocenters. The fourth-order valence-electron chi connectivity index (χ4n) is 5.02. The summed E-state index contributed by atoms with van der Waals surface area (Å²) in [5.74, 6) is 1.69. The highest BCUT2D eigenvalue weighted by molar-refractivity contribution is 5.86. The van der Waals surface area contributed by atoms with Gasteiger partial charge in [0.1, 0.15) is 5.75 Å². The summed E-state index contributed by atoms with van der Waals surface area (Å²) in [5.41, 5.74) is 7.07. The first-order chi connectivity index (χ1) is 13.8. The highest BCUT2D eigenvalue weighted by Gasteiger charge is 2.26. The summed E-state index contributed by atoms with van der Waals surface area (Å²) in [5, 5.41) is 5.08.